The zero-order valence-electron chi connectivity index (χ0n) is 12.8. The summed E-state index contributed by atoms with van der Waals surface area (Å²) in [6.07, 6.45) is 0. The Bertz CT molecular complexity index is 848. The smallest absolute Gasteiger partial charge is 0.268 e. The van der Waals surface area contributed by atoms with Gasteiger partial charge in [-0.2, -0.15) is 0 Å². The van der Waals surface area contributed by atoms with Crippen LogP contribution in [0.3, 0.4) is 0 Å². The number of benzene rings is 2. The third-order valence-electron chi connectivity index (χ3n) is 3.53. The number of nitrogens with zero attached hydrogens (tertiary/aromatic N) is 1. The lowest BCUT2D eigenvalue weighted by atomic mass is 10.1. The molecule has 0 fully saturated rings. The monoisotopic (exact) mass is 361 g/mol. The summed E-state index contributed by atoms with van der Waals surface area (Å²) < 4.78 is 13.5. The van der Waals surface area contributed by atoms with Gasteiger partial charge in [0.15, 0.2) is 0 Å². The Kier molecular flexibility index (Phi) is 4.73. The van der Waals surface area contributed by atoms with Crippen LogP contribution in [-0.2, 0) is 9.59 Å². The fourth-order valence-corrected chi connectivity index (χ4v) is 3.49. The van der Waals surface area contributed by atoms with Crippen molar-refractivity contribution in [3.05, 3.63) is 69.8 Å². The van der Waals surface area contributed by atoms with Gasteiger partial charge in [-0.1, -0.05) is 36.7 Å². The molecule has 122 valence electrons. The largest absolute Gasteiger partial charge is 0.272 e. The van der Waals surface area contributed by atoms with Crippen molar-refractivity contribution in [2.75, 3.05) is 10.7 Å². The van der Waals surface area contributed by atoms with E-state index in [9.17, 15) is 14.0 Å². The Morgan fingerprint density at radius 2 is 1.79 bits per heavy atom. The molecule has 2 aromatic carbocycles. The van der Waals surface area contributed by atoms with Crippen LogP contribution in [0.2, 0.25) is 5.02 Å². The first-order valence-corrected chi connectivity index (χ1v) is 8.66. The summed E-state index contributed by atoms with van der Waals surface area (Å²) in [5.74, 6) is -0.744. The summed E-state index contributed by atoms with van der Waals surface area (Å²) in [5, 5.41) is 0.544. The molecule has 0 unspecified atom stereocenters. The van der Waals surface area contributed by atoms with Gasteiger partial charge in [0.05, 0.1) is 16.2 Å². The predicted octanol–water partition coefficient (Wildman–Crippen LogP) is 4.52. The second-order valence-corrected chi connectivity index (χ2v) is 6.78. The third-order valence-corrected chi connectivity index (χ3v) is 4.74. The van der Waals surface area contributed by atoms with Crippen molar-refractivity contribution in [1.29, 1.82) is 0 Å². The number of hydrogen-bond acceptors (Lipinski definition) is 3. The van der Waals surface area contributed by atoms with Crippen molar-refractivity contribution in [2.24, 2.45) is 0 Å². The summed E-state index contributed by atoms with van der Waals surface area (Å²) in [5.41, 5.74) is 1.17. The van der Waals surface area contributed by atoms with Gasteiger partial charge in [0, 0.05) is 5.02 Å². The van der Waals surface area contributed by atoms with Crippen molar-refractivity contribution >= 4 is 46.4 Å². The number of carbonyl (C=O) groups is 2. The number of amides is 2. The fourth-order valence-electron chi connectivity index (χ4n) is 2.51. The van der Waals surface area contributed by atoms with Crippen molar-refractivity contribution < 1.29 is 14.0 Å². The molecular formula is C18H13ClFNO2S. The molecule has 0 aromatic heterocycles. The lowest BCUT2D eigenvalue weighted by Gasteiger charge is -2.15. The van der Waals surface area contributed by atoms with Gasteiger partial charge in [-0.05, 0) is 41.6 Å². The Balaban J connectivity index is 2.09. The standard InChI is InChI=1S/C18H13ClFNO2S/c1-2-24-16-15(11-6-8-12(19)9-7-11)17(22)21(18(16)23)14-5-3-4-13(20)10-14/h3-10H,2H2,1H3. The molecular weight excluding hydrogens is 349 g/mol. The van der Waals surface area contributed by atoms with E-state index in [0.29, 0.717) is 26.8 Å². The minimum atomic E-state index is -0.502. The van der Waals surface area contributed by atoms with Crippen LogP contribution in [0.4, 0.5) is 10.1 Å². The average Bonchev–Trinajstić information content (AvgIpc) is 2.80. The molecule has 1 aliphatic heterocycles. The number of imide groups is 1. The van der Waals surface area contributed by atoms with E-state index in [2.05, 4.69) is 0 Å². The van der Waals surface area contributed by atoms with Gasteiger partial charge in [-0.15, -0.1) is 11.8 Å². The highest BCUT2D eigenvalue weighted by atomic mass is 35.5. The van der Waals surface area contributed by atoms with Gasteiger partial charge < -0.3 is 0 Å². The molecule has 1 aliphatic rings. The van der Waals surface area contributed by atoms with E-state index in [0.717, 1.165) is 4.90 Å². The lowest BCUT2D eigenvalue weighted by molar-refractivity contribution is -0.119. The van der Waals surface area contributed by atoms with Gasteiger partial charge in [0.2, 0.25) is 0 Å². The Hall–Kier alpha value is -2.11. The lowest BCUT2D eigenvalue weighted by Crippen LogP contribution is -2.31. The number of carbonyl (C=O) groups excluding carboxylic acids is 2. The molecule has 2 aromatic rings. The second-order valence-electron chi connectivity index (χ2n) is 5.07. The normalized spacial score (nSPS) is 14.7. The van der Waals surface area contributed by atoms with Gasteiger partial charge >= 0.3 is 0 Å². The first kappa shape index (κ1) is 16.7. The highest BCUT2D eigenvalue weighted by molar-refractivity contribution is 8.04. The molecule has 0 radical (unpaired) electrons. The summed E-state index contributed by atoms with van der Waals surface area (Å²) in [4.78, 5) is 27.0. The molecule has 6 heteroatoms. The minimum absolute atomic E-state index is 0.225. The summed E-state index contributed by atoms with van der Waals surface area (Å²) >= 11 is 7.20. The molecule has 3 nitrogen and oxygen atoms in total. The predicted molar refractivity (Wildman–Crippen MR) is 95.4 cm³/mol. The Morgan fingerprint density at radius 1 is 1.08 bits per heavy atom. The van der Waals surface area contributed by atoms with E-state index in [4.69, 9.17) is 11.6 Å². The number of halogens is 2. The molecule has 0 N–H and O–H groups in total. The first-order chi connectivity index (χ1) is 11.5. The van der Waals surface area contributed by atoms with Crippen molar-refractivity contribution in [2.45, 2.75) is 6.92 Å². The van der Waals surface area contributed by atoms with Crippen LogP contribution in [0.15, 0.2) is 53.4 Å². The van der Waals surface area contributed by atoms with E-state index in [1.807, 2.05) is 6.92 Å². The first-order valence-electron chi connectivity index (χ1n) is 7.30. The number of thioether (sulfide) groups is 1. The maximum atomic E-state index is 13.5. The Labute approximate surface area is 148 Å². The summed E-state index contributed by atoms with van der Waals surface area (Å²) in [6.45, 7) is 1.90. The SMILES string of the molecule is CCSC1=C(c2ccc(Cl)cc2)C(=O)N(c2cccc(F)c2)C1=O. The van der Waals surface area contributed by atoms with Crippen LogP contribution < -0.4 is 4.90 Å². The highest BCUT2D eigenvalue weighted by Crippen LogP contribution is 2.38. The number of rotatable bonds is 4. The van der Waals surface area contributed by atoms with Crippen molar-refractivity contribution in [1.82, 2.24) is 0 Å². The maximum absolute atomic E-state index is 13.5. The molecule has 2 amide bonds. The summed E-state index contributed by atoms with van der Waals surface area (Å²) in [7, 11) is 0. The fraction of sp³-hybridized carbons (Fsp3) is 0.111. The van der Waals surface area contributed by atoms with E-state index in [1.54, 1.807) is 24.3 Å². The van der Waals surface area contributed by atoms with Crippen LogP contribution in [-0.4, -0.2) is 17.6 Å². The zero-order valence-corrected chi connectivity index (χ0v) is 14.3. The molecule has 0 bridgehead atoms. The molecule has 0 atom stereocenters. The van der Waals surface area contributed by atoms with Gasteiger partial charge in [-0.3, -0.25) is 9.59 Å². The molecule has 0 saturated carbocycles. The van der Waals surface area contributed by atoms with E-state index in [-0.39, 0.29) is 5.69 Å². The topological polar surface area (TPSA) is 37.4 Å². The van der Waals surface area contributed by atoms with Crippen LogP contribution in [0, 0.1) is 5.82 Å². The van der Waals surface area contributed by atoms with Crippen molar-refractivity contribution in [3.63, 3.8) is 0 Å². The molecule has 24 heavy (non-hydrogen) atoms. The molecule has 0 spiro atoms. The number of anilines is 1. The average molecular weight is 362 g/mol. The second kappa shape index (κ2) is 6.79. The Morgan fingerprint density at radius 3 is 2.42 bits per heavy atom. The van der Waals surface area contributed by atoms with Crippen LogP contribution in [0.25, 0.3) is 5.57 Å². The molecule has 3 rings (SSSR count). The quantitative estimate of drug-likeness (QED) is 0.751. The van der Waals surface area contributed by atoms with Crippen LogP contribution in [0.1, 0.15) is 12.5 Å². The summed E-state index contributed by atoms with van der Waals surface area (Å²) in [6, 6.07) is 12.2. The van der Waals surface area contributed by atoms with Crippen molar-refractivity contribution in [3.8, 4) is 0 Å². The van der Waals surface area contributed by atoms with Crippen LogP contribution in [0.5, 0.6) is 0 Å². The van der Waals surface area contributed by atoms with Gasteiger partial charge in [0.1, 0.15) is 5.82 Å². The third kappa shape index (κ3) is 2.97. The molecule has 1 heterocycles. The van der Waals surface area contributed by atoms with E-state index < -0.39 is 17.6 Å². The van der Waals surface area contributed by atoms with E-state index in [1.165, 1.54) is 36.0 Å². The molecule has 0 aliphatic carbocycles. The minimum Gasteiger partial charge on any atom is -0.268 e. The molecule has 0 saturated heterocycles. The van der Waals surface area contributed by atoms with Crippen LogP contribution >= 0.6 is 23.4 Å². The maximum Gasteiger partial charge on any atom is 0.272 e. The van der Waals surface area contributed by atoms with Gasteiger partial charge in [0.25, 0.3) is 11.8 Å². The number of hydrogen-bond donors (Lipinski definition) is 0. The highest BCUT2D eigenvalue weighted by Gasteiger charge is 2.40. The zero-order chi connectivity index (χ0) is 17.3. The van der Waals surface area contributed by atoms with E-state index >= 15 is 0 Å². The van der Waals surface area contributed by atoms with Gasteiger partial charge in [-0.25, -0.2) is 9.29 Å².